The summed E-state index contributed by atoms with van der Waals surface area (Å²) in [6, 6.07) is 4.81. The molecule has 6 heteroatoms. The second-order valence-corrected chi connectivity index (χ2v) is 3.10. The van der Waals surface area contributed by atoms with Crippen molar-refractivity contribution in [3.05, 3.63) is 34.2 Å². The molecule has 1 aromatic carbocycles. The minimum absolute atomic E-state index is 0.372. The summed E-state index contributed by atoms with van der Waals surface area (Å²) in [7, 11) is 1.49. The quantitative estimate of drug-likeness (QED) is 0.774. The average molecular weight is 220 g/mol. The van der Waals surface area contributed by atoms with Crippen LogP contribution in [-0.4, -0.2) is 28.2 Å². The number of H-pyrrole nitrogens is 1. The van der Waals surface area contributed by atoms with E-state index in [9.17, 15) is 9.59 Å². The van der Waals surface area contributed by atoms with Crippen LogP contribution in [0.3, 0.4) is 0 Å². The molecule has 0 fully saturated rings. The lowest BCUT2D eigenvalue weighted by atomic mass is 10.2. The molecule has 0 unspecified atom stereocenters. The number of ether oxygens (including phenoxy) is 1. The van der Waals surface area contributed by atoms with Gasteiger partial charge in [0, 0.05) is 6.07 Å². The summed E-state index contributed by atoms with van der Waals surface area (Å²) < 4.78 is 4.97. The van der Waals surface area contributed by atoms with Gasteiger partial charge < -0.3 is 14.8 Å². The maximum Gasteiger partial charge on any atom is 0.360 e. The molecular formula is C10H8N2O4. The summed E-state index contributed by atoms with van der Waals surface area (Å²) in [5.74, 6) is -0.811. The average Bonchev–Trinajstić information content (AvgIpc) is 2.27. The number of fused-ring (bicyclic) bond motifs is 1. The summed E-state index contributed by atoms with van der Waals surface area (Å²) in [6.07, 6.45) is 0. The molecular weight excluding hydrogens is 212 g/mol. The van der Waals surface area contributed by atoms with Crippen LogP contribution in [-0.2, 0) is 0 Å². The predicted molar refractivity (Wildman–Crippen MR) is 55.9 cm³/mol. The molecule has 2 aromatic rings. The van der Waals surface area contributed by atoms with Crippen LogP contribution in [0.2, 0.25) is 0 Å². The lowest BCUT2D eigenvalue weighted by Crippen LogP contribution is -2.19. The summed E-state index contributed by atoms with van der Waals surface area (Å²) >= 11 is 0. The van der Waals surface area contributed by atoms with E-state index >= 15 is 0 Å². The predicted octanol–water partition coefficient (Wildman–Crippen LogP) is 0.630. The van der Waals surface area contributed by atoms with Gasteiger partial charge in [-0.2, -0.15) is 0 Å². The largest absolute Gasteiger partial charge is 0.497 e. The second kappa shape index (κ2) is 3.65. The fourth-order valence-electron chi connectivity index (χ4n) is 1.33. The Balaban J connectivity index is 2.75. The van der Waals surface area contributed by atoms with E-state index in [0.717, 1.165) is 0 Å². The molecule has 1 aromatic heterocycles. The molecule has 0 aliphatic carbocycles. The van der Waals surface area contributed by atoms with E-state index in [1.54, 1.807) is 18.2 Å². The van der Waals surface area contributed by atoms with Gasteiger partial charge in [0.25, 0.3) is 5.56 Å². The third kappa shape index (κ3) is 1.60. The Hall–Kier alpha value is -2.37. The van der Waals surface area contributed by atoms with Gasteiger partial charge >= 0.3 is 5.97 Å². The van der Waals surface area contributed by atoms with Crippen molar-refractivity contribution < 1.29 is 14.6 Å². The normalized spacial score (nSPS) is 10.3. The van der Waals surface area contributed by atoms with Gasteiger partial charge in [-0.1, -0.05) is 0 Å². The third-order valence-electron chi connectivity index (χ3n) is 2.10. The standard InChI is InChI=1S/C10H8N2O4/c1-16-5-2-3-6-7(4-5)11-8(10(14)15)9(13)12-6/h2-4H,1H3,(H,12,13)(H,14,15). The summed E-state index contributed by atoms with van der Waals surface area (Å²) in [5.41, 5.74) is -0.405. The van der Waals surface area contributed by atoms with Crippen LogP contribution in [0.4, 0.5) is 0 Å². The Labute approximate surface area is 89.5 Å². The molecule has 0 aliphatic heterocycles. The minimum atomic E-state index is -1.36. The number of aromatic carboxylic acids is 1. The maximum absolute atomic E-state index is 11.3. The van der Waals surface area contributed by atoms with Crippen molar-refractivity contribution in [3.8, 4) is 5.75 Å². The SMILES string of the molecule is COc1ccc2[nH]c(=O)c(C(=O)O)nc2c1. The van der Waals surface area contributed by atoms with Crippen LogP contribution in [0.1, 0.15) is 10.5 Å². The Bertz CT molecular complexity index is 618. The Morgan fingerprint density at radius 1 is 1.50 bits per heavy atom. The number of nitrogens with one attached hydrogen (secondary N) is 1. The van der Waals surface area contributed by atoms with E-state index in [0.29, 0.717) is 16.8 Å². The number of benzene rings is 1. The van der Waals surface area contributed by atoms with Crippen LogP contribution >= 0.6 is 0 Å². The Morgan fingerprint density at radius 2 is 2.25 bits per heavy atom. The molecule has 16 heavy (non-hydrogen) atoms. The van der Waals surface area contributed by atoms with E-state index < -0.39 is 17.2 Å². The highest BCUT2D eigenvalue weighted by Gasteiger charge is 2.12. The van der Waals surface area contributed by atoms with Gasteiger partial charge in [-0.05, 0) is 12.1 Å². The third-order valence-corrected chi connectivity index (χ3v) is 2.10. The summed E-state index contributed by atoms with van der Waals surface area (Å²) in [4.78, 5) is 28.2. The number of aromatic nitrogens is 2. The fraction of sp³-hybridized carbons (Fsp3) is 0.100. The van der Waals surface area contributed by atoms with Crippen LogP contribution in [0.15, 0.2) is 23.0 Å². The van der Waals surface area contributed by atoms with Crippen LogP contribution < -0.4 is 10.3 Å². The van der Waals surface area contributed by atoms with Gasteiger partial charge in [0.1, 0.15) is 5.75 Å². The first-order valence-corrected chi connectivity index (χ1v) is 4.43. The smallest absolute Gasteiger partial charge is 0.360 e. The number of aromatic amines is 1. The number of carboxylic acids is 1. The van der Waals surface area contributed by atoms with Crippen molar-refractivity contribution in [2.45, 2.75) is 0 Å². The molecule has 0 saturated carbocycles. The van der Waals surface area contributed by atoms with Crippen molar-refractivity contribution in [1.82, 2.24) is 9.97 Å². The van der Waals surface area contributed by atoms with Crippen molar-refractivity contribution in [2.24, 2.45) is 0 Å². The highest BCUT2D eigenvalue weighted by molar-refractivity contribution is 5.88. The first kappa shape index (κ1) is 10.2. The zero-order chi connectivity index (χ0) is 11.7. The summed E-state index contributed by atoms with van der Waals surface area (Å²) in [6.45, 7) is 0. The highest BCUT2D eigenvalue weighted by Crippen LogP contribution is 2.16. The van der Waals surface area contributed by atoms with Crippen LogP contribution in [0, 0.1) is 0 Å². The molecule has 0 spiro atoms. The van der Waals surface area contributed by atoms with E-state index in [-0.39, 0.29) is 0 Å². The van der Waals surface area contributed by atoms with Gasteiger partial charge in [0.2, 0.25) is 5.69 Å². The van der Waals surface area contributed by atoms with Crippen molar-refractivity contribution >= 4 is 17.0 Å². The van der Waals surface area contributed by atoms with Crippen LogP contribution in [0.25, 0.3) is 11.0 Å². The number of rotatable bonds is 2. The van der Waals surface area contributed by atoms with Gasteiger partial charge in [0.05, 0.1) is 18.1 Å². The zero-order valence-corrected chi connectivity index (χ0v) is 8.35. The molecule has 0 aliphatic rings. The number of nitrogens with zero attached hydrogens (tertiary/aromatic N) is 1. The van der Waals surface area contributed by atoms with Gasteiger partial charge in [-0.25, -0.2) is 9.78 Å². The van der Waals surface area contributed by atoms with Gasteiger partial charge in [-0.3, -0.25) is 4.79 Å². The second-order valence-electron chi connectivity index (χ2n) is 3.10. The lowest BCUT2D eigenvalue weighted by molar-refractivity contribution is 0.0689. The lowest BCUT2D eigenvalue weighted by Gasteiger charge is -2.02. The Morgan fingerprint density at radius 3 is 2.88 bits per heavy atom. The highest BCUT2D eigenvalue weighted by atomic mass is 16.5. The number of hydrogen-bond donors (Lipinski definition) is 2. The monoisotopic (exact) mass is 220 g/mol. The molecule has 0 saturated heterocycles. The molecule has 0 atom stereocenters. The molecule has 0 bridgehead atoms. The summed E-state index contributed by atoms with van der Waals surface area (Å²) in [5, 5.41) is 8.74. The van der Waals surface area contributed by atoms with E-state index in [2.05, 4.69) is 9.97 Å². The van der Waals surface area contributed by atoms with Crippen molar-refractivity contribution in [2.75, 3.05) is 7.11 Å². The number of hydrogen-bond acceptors (Lipinski definition) is 4. The van der Waals surface area contributed by atoms with E-state index in [1.807, 2.05) is 0 Å². The number of carbonyl (C=O) groups is 1. The van der Waals surface area contributed by atoms with E-state index in [4.69, 9.17) is 9.84 Å². The topological polar surface area (TPSA) is 92.3 Å². The number of carboxylic acid groups (broad SMARTS) is 1. The molecule has 82 valence electrons. The molecule has 1 heterocycles. The van der Waals surface area contributed by atoms with Crippen molar-refractivity contribution in [3.63, 3.8) is 0 Å². The first-order chi connectivity index (χ1) is 7.61. The Kier molecular flexibility index (Phi) is 2.32. The number of methoxy groups -OCH3 is 1. The molecule has 2 rings (SSSR count). The molecule has 0 radical (unpaired) electrons. The van der Waals surface area contributed by atoms with Gasteiger partial charge in [0.15, 0.2) is 0 Å². The first-order valence-electron chi connectivity index (χ1n) is 4.43. The molecule has 0 amide bonds. The van der Waals surface area contributed by atoms with E-state index in [1.165, 1.54) is 7.11 Å². The molecule has 6 nitrogen and oxygen atoms in total. The van der Waals surface area contributed by atoms with Crippen molar-refractivity contribution in [1.29, 1.82) is 0 Å². The zero-order valence-electron chi connectivity index (χ0n) is 8.35. The maximum atomic E-state index is 11.3. The van der Waals surface area contributed by atoms with Gasteiger partial charge in [-0.15, -0.1) is 0 Å². The van der Waals surface area contributed by atoms with Crippen LogP contribution in [0.5, 0.6) is 5.75 Å². The minimum Gasteiger partial charge on any atom is -0.497 e. The fourth-order valence-corrected chi connectivity index (χ4v) is 1.33. The molecule has 2 N–H and O–H groups in total.